The number of nitrogens with two attached hydrogens (primary N) is 1. The Morgan fingerprint density at radius 1 is 1.32 bits per heavy atom. The van der Waals surface area contributed by atoms with Crippen LogP contribution in [0.4, 0.5) is 11.5 Å². The van der Waals surface area contributed by atoms with Crippen LogP contribution in [0.15, 0.2) is 24.5 Å². The van der Waals surface area contributed by atoms with Gasteiger partial charge in [0.15, 0.2) is 0 Å². The molecule has 0 aliphatic rings. The van der Waals surface area contributed by atoms with Gasteiger partial charge in [-0.3, -0.25) is 10.1 Å². The van der Waals surface area contributed by atoms with E-state index < -0.39 is 4.92 Å². The summed E-state index contributed by atoms with van der Waals surface area (Å²) in [5.41, 5.74) is 6.61. The maximum Gasteiger partial charge on any atom is 0.314 e. The number of rotatable bonds is 3. The molecule has 1 heterocycles. The lowest BCUT2D eigenvalue weighted by atomic mass is 10.2. The number of anilines is 1. The van der Waals surface area contributed by atoms with Gasteiger partial charge in [-0.15, -0.1) is 0 Å². The minimum Gasteiger partial charge on any atom is -0.431 e. The Bertz CT molecular complexity index is 643. The Balaban J connectivity index is 2.47. The van der Waals surface area contributed by atoms with Gasteiger partial charge >= 0.3 is 5.69 Å². The summed E-state index contributed by atoms with van der Waals surface area (Å²) in [6, 6.07) is 4.84. The fourth-order valence-electron chi connectivity index (χ4n) is 1.60. The Morgan fingerprint density at radius 3 is 2.74 bits per heavy atom. The highest BCUT2D eigenvalue weighted by Crippen LogP contribution is 2.34. The number of para-hydroxylation sites is 1. The third-order valence-electron chi connectivity index (χ3n) is 2.67. The molecule has 0 aliphatic carbocycles. The van der Waals surface area contributed by atoms with Gasteiger partial charge in [0.05, 0.1) is 10.5 Å². The smallest absolute Gasteiger partial charge is 0.314 e. The molecule has 0 bridgehead atoms. The maximum absolute atomic E-state index is 11.1. The van der Waals surface area contributed by atoms with E-state index in [1.165, 1.54) is 12.4 Å². The molecule has 0 radical (unpaired) electrons. The highest BCUT2D eigenvalue weighted by molar-refractivity contribution is 5.54. The van der Waals surface area contributed by atoms with Crippen LogP contribution in [0.1, 0.15) is 11.1 Å². The van der Waals surface area contributed by atoms with E-state index in [0.717, 1.165) is 0 Å². The predicted octanol–water partition coefficient (Wildman–Crippen LogP) is 2.38. The van der Waals surface area contributed by atoms with E-state index in [2.05, 4.69) is 9.97 Å². The molecule has 1 aromatic heterocycles. The van der Waals surface area contributed by atoms with Crippen LogP contribution in [0.25, 0.3) is 0 Å². The van der Waals surface area contributed by atoms with Crippen LogP contribution in [-0.4, -0.2) is 14.9 Å². The molecule has 19 heavy (non-hydrogen) atoms. The van der Waals surface area contributed by atoms with Crippen molar-refractivity contribution in [3.05, 3.63) is 45.8 Å². The second-order valence-electron chi connectivity index (χ2n) is 3.97. The summed E-state index contributed by atoms with van der Waals surface area (Å²) in [5, 5.41) is 11.1. The number of hydrogen-bond donors (Lipinski definition) is 1. The van der Waals surface area contributed by atoms with E-state index in [1.54, 1.807) is 26.0 Å². The van der Waals surface area contributed by atoms with Crippen molar-refractivity contribution in [2.24, 2.45) is 0 Å². The molecule has 0 unspecified atom stereocenters. The van der Waals surface area contributed by atoms with E-state index >= 15 is 0 Å². The van der Waals surface area contributed by atoms with Gasteiger partial charge in [0.25, 0.3) is 0 Å². The number of nitro benzene ring substituents is 1. The molecule has 2 N–H and O–H groups in total. The Morgan fingerprint density at radius 2 is 2.05 bits per heavy atom. The highest BCUT2D eigenvalue weighted by Gasteiger charge is 2.20. The van der Waals surface area contributed by atoms with E-state index in [9.17, 15) is 10.1 Å². The molecular formula is C12H12N4O3. The van der Waals surface area contributed by atoms with Gasteiger partial charge in [0.1, 0.15) is 12.1 Å². The molecule has 0 atom stereocenters. The first-order valence-electron chi connectivity index (χ1n) is 5.49. The predicted molar refractivity (Wildman–Crippen MR) is 69.1 cm³/mol. The van der Waals surface area contributed by atoms with E-state index in [-0.39, 0.29) is 23.1 Å². The molecule has 7 heteroatoms. The van der Waals surface area contributed by atoms with Gasteiger partial charge < -0.3 is 10.5 Å². The summed E-state index contributed by atoms with van der Waals surface area (Å²) >= 11 is 0. The van der Waals surface area contributed by atoms with Crippen molar-refractivity contribution in [2.45, 2.75) is 13.8 Å². The second kappa shape index (κ2) is 4.89. The van der Waals surface area contributed by atoms with E-state index in [1.807, 2.05) is 0 Å². The molecule has 1 aromatic carbocycles. The number of nitrogen functional groups attached to an aromatic ring is 1. The number of aromatic nitrogens is 2. The van der Waals surface area contributed by atoms with Crippen LogP contribution >= 0.6 is 0 Å². The molecule has 0 saturated heterocycles. The van der Waals surface area contributed by atoms with Crippen LogP contribution in [-0.2, 0) is 0 Å². The summed E-state index contributed by atoms with van der Waals surface area (Å²) in [5.74, 6) is 0.618. The molecule has 2 aromatic rings. The first-order valence-corrected chi connectivity index (χ1v) is 5.49. The molecule has 98 valence electrons. The van der Waals surface area contributed by atoms with Crippen molar-refractivity contribution in [1.82, 2.24) is 9.97 Å². The third-order valence-corrected chi connectivity index (χ3v) is 2.67. The molecule has 0 spiro atoms. The second-order valence-corrected chi connectivity index (χ2v) is 3.97. The molecular weight excluding hydrogens is 248 g/mol. The van der Waals surface area contributed by atoms with Gasteiger partial charge in [-0.25, -0.2) is 9.97 Å². The van der Waals surface area contributed by atoms with E-state index in [0.29, 0.717) is 11.1 Å². The largest absolute Gasteiger partial charge is 0.431 e. The van der Waals surface area contributed by atoms with Gasteiger partial charge in [-0.1, -0.05) is 12.1 Å². The Kier molecular flexibility index (Phi) is 3.28. The quantitative estimate of drug-likeness (QED) is 0.671. The minimum absolute atomic E-state index is 0.0842. The van der Waals surface area contributed by atoms with Crippen LogP contribution in [0, 0.1) is 24.0 Å². The van der Waals surface area contributed by atoms with Crippen molar-refractivity contribution in [3.63, 3.8) is 0 Å². The lowest BCUT2D eigenvalue weighted by molar-refractivity contribution is -0.386. The number of nitrogens with zero attached hydrogens (tertiary/aromatic N) is 3. The fraction of sp³-hybridized carbons (Fsp3) is 0.167. The Labute approximate surface area is 109 Å². The van der Waals surface area contributed by atoms with Gasteiger partial charge in [0, 0.05) is 5.56 Å². The molecule has 0 aliphatic heterocycles. The van der Waals surface area contributed by atoms with E-state index in [4.69, 9.17) is 10.5 Å². The number of hydrogen-bond acceptors (Lipinski definition) is 6. The van der Waals surface area contributed by atoms with Crippen molar-refractivity contribution < 1.29 is 9.66 Å². The molecule has 2 rings (SSSR count). The first-order chi connectivity index (χ1) is 9.00. The fourth-order valence-corrected chi connectivity index (χ4v) is 1.60. The monoisotopic (exact) mass is 260 g/mol. The van der Waals surface area contributed by atoms with Crippen LogP contribution in [0.2, 0.25) is 0 Å². The number of ether oxygens (including phenoxy) is 1. The zero-order valence-electron chi connectivity index (χ0n) is 10.5. The minimum atomic E-state index is -0.482. The van der Waals surface area contributed by atoms with Crippen molar-refractivity contribution in [2.75, 3.05) is 5.73 Å². The molecule has 0 saturated carbocycles. The average molecular weight is 260 g/mol. The van der Waals surface area contributed by atoms with Crippen molar-refractivity contribution >= 4 is 11.5 Å². The third kappa shape index (κ3) is 2.44. The summed E-state index contributed by atoms with van der Waals surface area (Å²) in [6.45, 7) is 3.33. The standard InChI is InChI=1S/C12H12N4O3/c1-7-4-3-5-9(10(7)16(17)18)19-12-8(2)11(13)14-6-15-12/h3-6H,1-2H3,(H2,13,14,15). The van der Waals surface area contributed by atoms with Gasteiger partial charge in [-0.2, -0.15) is 0 Å². The Hall–Kier alpha value is -2.70. The SMILES string of the molecule is Cc1cccc(Oc2ncnc(N)c2C)c1[N+](=O)[O-]. The lowest BCUT2D eigenvalue weighted by Crippen LogP contribution is -2.01. The van der Waals surface area contributed by atoms with Gasteiger partial charge in [0.2, 0.25) is 11.6 Å². The number of aryl methyl sites for hydroxylation is 1. The zero-order valence-corrected chi connectivity index (χ0v) is 10.5. The van der Waals surface area contributed by atoms with Crippen molar-refractivity contribution in [3.8, 4) is 11.6 Å². The topological polar surface area (TPSA) is 104 Å². The van der Waals surface area contributed by atoms with Crippen molar-refractivity contribution in [1.29, 1.82) is 0 Å². The maximum atomic E-state index is 11.1. The molecule has 0 fully saturated rings. The molecule has 7 nitrogen and oxygen atoms in total. The normalized spacial score (nSPS) is 10.2. The number of benzene rings is 1. The average Bonchev–Trinajstić information content (AvgIpc) is 2.34. The zero-order chi connectivity index (χ0) is 14.0. The summed E-state index contributed by atoms with van der Waals surface area (Å²) in [4.78, 5) is 18.3. The summed E-state index contributed by atoms with van der Waals surface area (Å²) in [7, 11) is 0. The number of nitro groups is 1. The van der Waals surface area contributed by atoms with Gasteiger partial charge in [-0.05, 0) is 19.9 Å². The lowest BCUT2D eigenvalue weighted by Gasteiger charge is -2.09. The summed E-state index contributed by atoms with van der Waals surface area (Å²) in [6.07, 6.45) is 1.25. The highest BCUT2D eigenvalue weighted by atomic mass is 16.6. The molecule has 0 amide bonds. The van der Waals surface area contributed by atoms with Crippen LogP contribution < -0.4 is 10.5 Å². The summed E-state index contributed by atoms with van der Waals surface area (Å²) < 4.78 is 5.49. The van der Waals surface area contributed by atoms with Crippen LogP contribution in [0.5, 0.6) is 11.6 Å². The van der Waals surface area contributed by atoms with Crippen LogP contribution in [0.3, 0.4) is 0 Å². The first kappa shape index (κ1) is 12.7.